The second kappa shape index (κ2) is 5.69. The Labute approximate surface area is 94.3 Å². The maximum Gasteiger partial charge on any atom is -0.00178 e. The lowest BCUT2D eigenvalue weighted by Crippen LogP contribution is -2.40. The summed E-state index contributed by atoms with van der Waals surface area (Å²) in [5.74, 6) is 2.96. The number of hydrogen-bond acceptors (Lipinski definition) is 1. The van der Waals surface area contributed by atoms with Crippen molar-refractivity contribution >= 4 is 0 Å². The molecule has 3 unspecified atom stereocenters. The summed E-state index contributed by atoms with van der Waals surface area (Å²) in [6.07, 6.45) is 13.1. The van der Waals surface area contributed by atoms with Crippen molar-refractivity contribution in [2.75, 3.05) is 13.1 Å². The first-order valence-electron chi connectivity index (χ1n) is 6.77. The molecule has 2 aliphatic rings. The first-order chi connectivity index (χ1) is 7.42. The third-order valence-corrected chi connectivity index (χ3v) is 4.24. The highest BCUT2D eigenvalue weighted by molar-refractivity contribution is 4.94. The van der Waals surface area contributed by atoms with Gasteiger partial charge in [-0.1, -0.05) is 25.5 Å². The topological polar surface area (TPSA) is 12.0 Å². The first kappa shape index (κ1) is 11.2. The van der Waals surface area contributed by atoms with E-state index in [1.165, 1.54) is 51.6 Å². The number of piperidine rings is 1. The van der Waals surface area contributed by atoms with Crippen LogP contribution in [0.5, 0.6) is 0 Å². The van der Waals surface area contributed by atoms with Crippen LogP contribution in [0.15, 0.2) is 12.2 Å². The van der Waals surface area contributed by atoms with Crippen LogP contribution in [0, 0.1) is 17.8 Å². The number of nitrogens with one attached hydrogen (secondary N) is 1. The Hall–Kier alpha value is -0.300. The quantitative estimate of drug-likeness (QED) is 0.700. The maximum atomic E-state index is 3.57. The van der Waals surface area contributed by atoms with Crippen LogP contribution in [0.4, 0.5) is 0 Å². The van der Waals surface area contributed by atoms with E-state index in [9.17, 15) is 0 Å². The molecule has 1 aliphatic heterocycles. The van der Waals surface area contributed by atoms with Gasteiger partial charge in [0, 0.05) is 0 Å². The molecule has 0 spiro atoms. The van der Waals surface area contributed by atoms with Gasteiger partial charge in [0.15, 0.2) is 0 Å². The summed E-state index contributed by atoms with van der Waals surface area (Å²) in [5, 5.41) is 3.57. The van der Waals surface area contributed by atoms with Crippen LogP contribution in [0.1, 0.15) is 45.4 Å². The summed E-state index contributed by atoms with van der Waals surface area (Å²) >= 11 is 0. The second-order valence-corrected chi connectivity index (χ2v) is 5.25. The molecule has 0 aromatic carbocycles. The molecule has 3 atom stereocenters. The van der Waals surface area contributed by atoms with Crippen LogP contribution in [-0.2, 0) is 0 Å². The minimum Gasteiger partial charge on any atom is -0.316 e. The zero-order valence-electron chi connectivity index (χ0n) is 10.0. The van der Waals surface area contributed by atoms with Gasteiger partial charge in [0.1, 0.15) is 0 Å². The highest BCUT2D eigenvalue weighted by Gasteiger charge is 2.30. The Bertz CT molecular complexity index is 207. The molecule has 1 aliphatic carbocycles. The monoisotopic (exact) mass is 207 g/mol. The van der Waals surface area contributed by atoms with Crippen LogP contribution in [0.3, 0.4) is 0 Å². The van der Waals surface area contributed by atoms with E-state index < -0.39 is 0 Å². The first-order valence-corrected chi connectivity index (χ1v) is 6.77. The lowest BCUT2D eigenvalue weighted by Gasteiger charge is -2.38. The summed E-state index contributed by atoms with van der Waals surface area (Å²) in [4.78, 5) is 0. The minimum absolute atomic E-state index is 0.959. The molecular formula is C14H25N. The van der Waals surface area contributed by atoms with E-state index in [0.717, 1.165) is 17.8 Å². The summed E-state index contributed by atoms with van der Waals surface area (Å²) in [5.41, 5.74) is 0. The fourth-order valence-corrected chi connectivity index (χ4v) is 3.46. The Morgan fingerprint density at radius 1 is 1.27 bits per heavy atom. The predicted molar refractivity (Wildman–Crippen MR) is 65.9 cm³/mol. The van der Waals surface area contributed by atoms with Crippen LogP contribution < -0.4 is 5.32 Å². The largest absolute Gasteiger partial charge is 0.316 e. The van der Waals surface area contributed by atoms with Crippen LogP contribution >= 0.6 is 0 Å². The van der Waals surface area contributed by atoms with Crippen LogP contribution in [0.25, 0.3) is 0 Å². The van der Waals surface area contributed by atoms with Crippen molar-refractivity contribution in [1.82, 2.24) is 5.32 Å². The van der Waals surface area contributed by atoms with E-state index in [1.807, 2.05) is 0 Å². The predicted octanol–water partition coefficient (Wildman–Crippen LogP) is 3.37. The van der Waals surface area contributed by atoms with Gasteiger partial charge in [-0.2, -0.15) is 0 Å². The molecule has 1 N–H and O–H groups in total. The van der Waals surface area contributed by atoms with E-state index >= 15 is 0 Å². The van der Waals surface area contributed by atoms with Crippen molar-refractivity contribution in [3.8, 4) is 0 Å². The van der Waals surface area contributed by atoms with Gasteiger partial charge in [-0.05, 0) is 62.9 Å². The highest BCUT2D eigenvalue weighted by Crippen LogP contribution is 2.36. The molecular weight excluding hydrogens is 182 g/mol. The molecule has 1 saturated heterocycles. The third kappa shape index (κ3) is 2.84. The van der Waals surface area contributed by atoms with Gasteiger partial charge in [-0.15, -0.1) is 0 Å². The van der Waals surface area contributed by atoms with Crippen molar-refractivity contribution in [1.29, 1.82) is 0 Å². The fraction of sp³-hybridized carbons (Fsp3) is 0.857. The molecule has 86 valence electrons. The van der Waals surface area contributed by atoms with E-state index in [0.29, 0.717) is 0 Å². The second-order valence-electron chi connectivity index (χ2n) is 5.25. The molecule has 1 fully saturated rings. The van der Waals surface area contributed by atoms with Crippen LogP contribution in [0.2, 0.25) is 0 Å². The molecule has 0 aromatic heterocycles. The summed E-state index contributed by atoms with van der Waals surface area (Å²) in [6.45, 7) is 4.86. The van der Waals surface area contributed by atoms with E-state index in [-0.39, 0.29) is 0 Å². The van der Waals surface area contributed by atoms with Gasteiger partial charge in [0.25, 0.3) is 0 Å². The molecule has 15 heavy (non-hydrogen) atoms. The molecule has 0 aromatic rings. The van der Waals surface area contributed by atoms with Crippen molar-refractivity contribution < 1.29 is 0 Å². The Balaban J connectivity index is 1.93. The normalized spacial score (nSPS) is 36.7. The van der Waals surface area contributed by atoms with E-state index in [2.05, 4.69) is 24.4 Å². The molecule has 1 heteroatoms. The molecule has 0 amide bonds. The molecule has 2 rings (SSSR count). The SMILES string of the molecule is CCCC1CNCCC1C1CC=CCC1. The zero-order valence-corrected chi connectivity index (χ0v) is 10.0. The molecule has 0 radical (unpaired) electrons. The van der Waals surface area contributed by atoms with Gasteiger partial charge in [0.2, 0.25) is 0 Å². The number of rotatable bonds is 3. The number of allylic oxidation sites excluding steroid dienone is 2. The Morgan fingerprint density at radius 3 is 2.93 bits per heavy atom. The fourth-order valence-electron chi connectivity index (χ4n) is 3.46. The third-order valence-electron chi connectivity index (χ3n) is 4.24. The Morgan fingerprint density at radius 2 is 2.20 bits per heavy atom. The standard InChI is InChI=1S/C14H25N/c1-2-6-13-11-15-10-9-14(13)12-7-4-3-5-8-12/h3-4,12-15H,2,5-11H2,1H3. The van der Waals surface area contributed by atoms with Crippen molar-refractivity contribution in [2.45, 2.75) is 45.4 Å². The lowest BCUT2D eigenvalue weighted by atomic mass is 9.71. The average Bonchev–Trinajstić information content (AvgIpc) is 2.31. The average molecular weight is 207 g/mol. The van der Waals surface area contributed by atoms with E-state index in [4.69, 9.17) is 0 Å². The highest BCUT2D eigenvalue weighted by atomic mass is 14.9. The van der Waals surface area contributed by atoms with Gasteiger partial charge in [0.05, 0.1) is 0 Å². The summed E-state index contributed by atoms with van der Waals surface area (Å²) in [6, 6.07) is 0. The van der Waals surface area contributed by atoms with Gasteiger partial charge < -0.3 is 5.32 Å². The maximum absolute atomic E-state index is 3.57. The number of hydrogen-bond donors (Lipinski definition) is 1. The van der Waals surface area contributed by atoms with Gasteiger partial charge >= 0.3 is 0 Å². The van der Waals surface area contributed by atoms with Crippen LogP contribution in [-0.4, -0.2) is 13.1 Å². The zero-order chi connectivity index (χ0) is 10.5. The molecule has 1 nitrogen and oxygen atoms in total. The lowest BCUT2D eigenvalue weighted by molar-refractivity contribution is 0.155. The van der Waals surface area contributed by atoms with Gasteiger partial charge in [-0.3, -0.25) is 0 Å². The Kier molecular flexibility index (Phi) is 4.25. The smallest absolute Gasteiger partial charge is 0.00178 e. The van der Waals surface area contributed by atoms with E-state index in [1.54, 1.807) is 0 Å². The molecule has 0 bridgehead atoms. The minimum atomic E-state index is 0.959. The van der Waals surface area contributed by atoms with Gasteiger partial charge in [-0.25, -0.2) is 0 Å². The van der Waals surface area contributed by atoms with Crippen molar-refractivity contribution in [3.05, 3.63) is 12.2 Å². The van der Waals surface area contributed by atoms with Crippen molar-refractivity contribution in [2.24, 2.45) is 17.8 Å². The molecule has 1 heterocycles. The summed E-state index contributed by atoms with van der Waals surface area (Å²) in [7, 11) is 0. The summed E-state index contributed by atoms with van der Waals surface area (Å²) < 4.78 is 0. The van der Waals surface area contributed by atoms with Crippen molar-refractivity contribution in [3.63, 3.8) is 0 Å². The molecule has 0 saturated carbocycles.